The normalized spacial score (nSPS) is 12.5. The molecule has 0 bridgehead atoms. The predicted octanol–water partition coefficient (Wildman–Crippen LogP) is 6.35. The van der Waals surface area contributed by atoms with Crippen LogP contribution in [-0.2, 0) is 64.4 Å². The standard InChI is InChI=1S/C20H24O4.C18H20O3.CH2O2/c1-3-7-17(8-4-1)13-21-15-19(20-23-11-12-24-20)16-22-14-18-9-5-2-6-10-18;19-11-18(14-20-12-16-7-3-1-4-8-16)15-21-13-17-9-5-2-6-10-17;2-1-3/h1-10,19-20H,11-16H2;1-11,18H,12-15H2;1H,(H,2,3). The van der Waals surface area contributed by atoms with Gasteiger partial charge in [0.1, 0.15) is 6.29 Å². The van der Waals surface area contributed by atoms with Gasteiger partial charge < -0.3 is 38.3 Å². The lowest BCUT2D eigenvalue weighted by molar-refractivity contribution is -0.127. The lowest BCUT2D eigenvalue weighted by atomic mass is 10.1. The van der Waals surface area contributed by atoms with E-state index >= 15 is 0 Å². The summed E-state index contributed by atoms with van der Waals surface area (Å²) in [5.74, 6) is -0.155. The van der Waals surface area contributed by atoms with Crippen molar-refractivity contribution < 1.29 is 43.1 Å². The largest absolute Gasteiger partial charge is 0.483 e. The Labute approximate surface area is 283 Å². The summed E-state index contributed by atoms with van der Waals surface area (Å²) in [6.45, 7) is 5.10. The first-order valence-electron chi connectivity index (χ1n) is 15.9. The highest BCUT2D eigenvalue weighted by Gasteiger charge is 2.27. The first kappa shape index (κ1) is 38.2. The summed E-state index contributed by atoms with van der Waals surface area (Å²) in [6.07, 6.45) is 0.659. The zero-order valence-electron chi connectivity index (χ0n) is 27.2. The van der Waals surface area contributed by atoms with E-state index in [0.29, 0.717) is 66.1 Å². The Morgan fingerprint density at radius 2 is 0.833 bits per heavy atom. The number of carbonyl (C=O) groups is 2. The van der Waals surface area contributed by atoms with E-state index in [4.69, 9.17) is 38.3 Å². The number of ether oxygens (including phenoxy) is 6. The summed E-state index contributed by atoms with van der Waals surface area (Å²) >= 11 is 0. The molecule has 256 valence electrons. The van der Waals surface area contributed by atoms with Crippen LogP contribution < -0.4 is 0 Å². The molecule has 0 spiro atoms. The molecule has 0 saturated carbocycles. The Hall–Kier alpha value is -4.22. The molecule has 1 fully saturated rings. The summed E-state index contributed by atoms with van der Waals surface area (Å²) in [5, 5.41) is 6.89. The number of hydrogen-bond donors (Lipinski definition) is 1. The molecule has 1 heterocycles. The first-order valence-corrected chi connectivity index (χ1v) is 15.9. The molecule has 1 aliphatic heterocycles. The molecule has 0 amide bonds. The third-order valence-electron chi connectivity index (χ3n) is 7.00. The van der Waals surface area contributed by atoms with Crippen molar-refractivity contribution >= 4 is 12.8 Å². The molecule has 0 unspecified atom stereocenters. The second-order valence-corrected chi connectivity index (χ2v) is 10.9. The van der Waals surface area contributed by atoms with E-state index in [2.05, 4.69) is 24.3 Å². The molecule has 9 nitrogen and oxygen atoms in total. The molecule has 0 aromatic heterocycles. The van der Waals surface area contributed by atoms with Gasteiger partial charge in [-0.25, -0.2) is 0 Å². The molecule has 4 aromatic carbocycles. The summed E-state index contributed by atoms with van der Waals surface area (Å²) in [6, 6.07) is 40.1. The first-order chi connectivity index (χ1) is 23.7. The van der Waals surface area contributed by atoms with Gasteiger partial charge in [0.2, 0.25) is 0 Å². The number of carboxylic acid groups (broad SMARTS) is 1. The third-order valence-corrected chi connectivity index (χ3v) is 7.00. The highest BCUT2D eigenvalue weighted by molar-refractivity contribution is 5.53. The summed E-state index contributed by atoms with van der Waals surface area (Å²) < 4.78 is 34.1. The van der Waals surface area contributed by atoms with Gasteiger partial charge in [0, 0.05) is 0 Å². The molecule has 1 N–H and O–H groups in total. The average molecular weight is 659 g/mol. The number of benzene rings is 4. The van der Waals surface area contributed by atoms with Crippen LogP contribution in [0.4, 0.5) is 0 Å². The van der Waals surface area contributed by atoms with E-state index in [-0.39, 0.29) is 24.6 Å². The molecule has 5 rings (SSSR count). The van der Waals surface area contributed by atoms with Gasteiger partial charge in [0.15, 0.2) is 6.29 Å². The number of hydrogen-bond acceptors (Lipinski definition) is 8. The Morgan fingerprint density at radius 3 is 1.12 bits per heavy atom. The molecule has 48 heavy (non-hydrogen) atoms. The maximum atomic E-state index is 11.0. The smallest absolute Gasteiger partial charge is 0.290 e. The summed E-state index contributed by atoms with van der Waals surface area (Å²) in [7, 11) is 0. The topological polar surface area (TPSA) is 110 Å². The van der Waals surface area contributed by atoms with Gasteiger partial charge in [-0.3, -0.25) is 4.79 Å². The van der Waals surface area contributed by atoms with Crippen LogP contribution in [0, 0.1) is 11.8 Å². The van der Waals surface area contributed by atoms with Crippen LogP contribution in [0.5, 0.6) is 0 Å². The lowest BCUT2D eigenvalue weighted by Gasteiger charge is -2.22. The second kappa shape index (κ2) is 24.9. The number of carbonyl (C=O) groups excluding carboxylic acids is 1. The van der Waals surface area contributed by atoms with Crippen molar-refractivity contribution in [2.75, 3.05) is 39.6 Å². The number of aldehydes is 1. The van der Waals surface area contributed by atoms with Crippen LogP contribution in [0.15, 0.2) is 121 Å². The Bertz CT molecular complexity index is 1240. The van der Waals surface area contributed by atoms with Gasteiger partial charge in [-0.1, -0.05) is 121 Å². The van der Waals surface area contributed by atoms with Crippen molar-refractivity contribution in [3.63, 3.8) is 0 Å². The second-order valence-electron chi connectivity index (χ2n) is 10.9. The minimum Gasteiger partial charge on any atom is -0.483 e. The Kier molecular flexibility index (Phi) is 19.8. The van der Waals surface area contributed by atoms with Crippen LogP contribution in [0.25, 0.3) is 0 Å². The zero-order chi connectivity index (χ0) is 33.9. The van der Waals surface area contributed by atoms with Crippen molar-refractivity contribution in [3.05, 3.63) is 144 Å². The van der Waals surface area contributed by atoms with Gasteiger partial charge in [0.25, 0.3) is 6.47 Å². The summed E-state index contributed by atoms with van der Waals surface area (Å²) in [5.41, 5.74) is 4.53. The van der Waals surface area contributed by atoms with Gasteiger partial charge >= 0.3 is 0 Å². The fourth-order valence-electron chi connectivity index (χ4n) is 4.59. The van der Waals surface area contributed by atoms with Gasteiger partial charge in [-0.15, -0.1) is 0 Å². The summed E-state index contributed by atoms with van der Waals surface area (Å²) in [4.78, 5) is 19.4. The van der Waals surface area contributed by atoms with Crippen molar-refractivity contribution in [2.45, 2.75) is 32.7 Å². The van der Waals surface area contributed by atoms with Gasteiger partial charge in [-0.05, 0) is 22.3 Å². The van der Waals surface area contributed by atoms with E-state index in [1.807, 2.05) is 97.1 Å². The molecule has 4 aromatic rings. The van der Waals surface area contributed by atoms with Gasteiger partial charge in [0.05, 0.1) is 77.9 Å². The van der Waals surface area contributed by atoms with E-state index in [1.165, 1.54) is 0 Å². The highest BCUT2D eigenvalue weighted by atomic mass is 16.7. The van der Waals surface area contributed by atoms with Crippen molar-refractivity contribution in [3.8, 4) is 0 Å². The third kappa shape index (κ3) is 16.6. The van der Waals surface area contributed by atoms with E-state index < -0.39 is 0 Å². The average Bonchev–Trinajstić information content (AvgIpc) is 3.68. The molecule has 1 aliphatic rings. The SMILES string of the molecule is O=CC(COCc1ccccc1)COCc1ccccc1.O=CO.c1ccc(COCC(COCc2ccccc2)C2OCCO2)cc1. The van der Waals surface area contributed by atoms with Crippen LogP contribution in [-0.4, -0.2) is 63.8 Å². The molecular weight excluding hydrogens is 612 g/mol. The monoisotopic (exact) mass is 658 g/mol. The molecular formula is C39H46O9. The van der Waals surface area contributed by atoms with Crippen LogP contribution in [0.1, 0.15) is 22.3 Å². The van der Waals surface area contributed by atoms with Crippen molar-refractivity contribution in [1.29, 1.82) is 0 Å². The molecule has 9 heteroatoms. The van der Waals surface area contributed by atoms with E-state index in [0.717, 1.165) is 28.5 Å². The van der Waals surface area contributed by atoms with Crippen LogP contribution in [0.2, 0.25) is 0 Å². The fraction of sp³-hybridized carbons (Fsp3) is 0.333. The Balaban J connectivity index is 0.000000243. The van der Waals surface area contributed by atoms with E-state index in [9.17, 15) is 4.79 Å². The molecule has 1 saturated heterocycles. The maximum Gasteiger partial charge on any atom is 0.290 e. The minimum absolute atomic E-state index is 0.0694. The van der Waals surface area contributed by atoms with Crippen LogP contribution >= 0.6 is 0 Å². The minimum atomic E-state index is -0.250. The Morgan fingerprint density at radius 1 is 0.542 bits per heavy atom. The van der Waals surface area contributed by atoms with Crippen molar-refractivity contribution in [2.24, 2.45) is 11.8 Å². The van der Waals surface area contributed by atoms with E-state index in [1.54, 1.807) is 0 Å². The van der Waals surface area contributed by atoms with Crippen molar-refractivity contribution in [1.82, 2.24) is 0 Å². The molecule has 0 atom stereocenters. The highest BCUT2D eigenvalue weighted by Crippen LogP contribution is 2.17. The zero-order valence-corrected chi connectivity index (χ0v) is 27.2. The molecule has 0 aliphatic carbocycles. The van der Waals surface area contributed by atoms with Crippen LogP contribution in [0.3, 0.4) is 0 Å². The predicted molar refractivity (Wildman–Crippen MR) is 182 cm³/mol. The number of rotatable bonds is 18. The van der Waals surface area contributed by atoms with Gasteiger partial charge in [-0.2, -0.15) is 0 Å². The lowest BCUT2D eigenvalue weighted by Crippen LogP contribution is -2.30. The quantitative estimate of drug-likeness (QED) is 0.122. The fourth-order valence-corrected chi connectivity index (χ4v) is 4.59. The molecule has 0 radical (unpaired) electrons. The maximum absolute atomic E-state index is 11.0.